The average Bonchev–Trinajstić information content (AvgIpc) is 2.79. The topological polar surface area (TPSA) is 103 Å². The molecule has 1 aromatic carbocycles. The van der Waals surface area contributed by atoms with Crippen LogP contribution < -0.4 is 15.5 Å². The van der Waals surface area contributed by atoms with Crippen molar-refractivity contribution in [1.29, 1.82) is 0 Å². The second kappa shape index (κ2) is 10.7. The van der Waals surface area contributed by atoms with Gasteiger partial charge in [-0.05, 0) is 24.0 Å². The molecule has 0 spiro atoms. The summed E-state index contributed by atoms with van der Waals surface area (Å²) in [6.45, 7) is 5.16. The van der Waals surface area contributed by atoms with Crippen LogP contribution in [0.3, 0.4) is 0 Å². The number of ether oxygens (including phenoxy) is 1. The van der Waals surface area contributed by atoms with Crippen LogP contribution in [0.1, 0.15) is 28.0 Å². The maximum absolute atomic E-state index is 12.8. The van der Waals surface area contributed by atoms with Crippen LogP contribution in [-0.2, 0) is 17.7 Å². The first-order valence-electron chi connectivity index (χ1n) is 11.2. The molecule has 172 valence electrons. The van der Waals surface area contributed by atoms with E-state index in [1.54, 1.807) is 18.0 Å². The highest BCUT2D eigenvalue weighted by Gasteiger charge is 2.21. The molecule has 3 heterocycles. The summed E-state index contributed by atoms with van der Waals surface area (Å²) in [6, 6.07) is 10.5. The number of amides is 1. The minimum absolute atomic E-state index is 0.0174. The fraction of sp³-hybridized carbons (Fsp3) is 0.522. The Morgan fingerprint density at radius 1 is 1.28 bits per heavy atom. The van der Waals surface area contributed by atoms with Crippen molar-refractivity contribution >= 4 is 17.7 Å². The Morgan fingerprint density at radius 3 is 2.84 bits per heavy atom. The lowest BCUT2D eigenvalue weighted by molar-refractivity contribution is 0.0209. The van der Waals surface area contributed by atoms with Crippen LogP contribution in [0.15, 0.2) is 30.3 Å². The van der Waals surface area contributed by atoms with Crippen LogP contribution in [0, 0.1) is 0 Å². The zero-order valence-corrected chi connectivity index (χ0v) is 18.6. The number of aliphatic hydroxyl groups is 1. The lowest BCUT2D eigenvalue weighted by Crippen LogP contribution is -2.40. The molecule has 1 saturated heterocycles. The number of rotatable bonds is 10. The van der Waals surface area contributed by atoms with E-state index in [0.717, 1.165) is 32.5 Å². The number of fused-ring (bicyclic) bond motifs is 1. The van der Waals surface area contributed by atoms with Crippen LogP contribution in [0.2, 0.25) is 0 Å². The third kappa shape index (κ3) is 5.73. The number of hydrogen-bond acceptors (Lipinski definition) is 8. The third-order valence-electron chi connectivity index (χ3n) is 5.86. The molecule has 2 aliphatic heterocycles. The highest BCUT2D eigenvalue weighted by atomic mass is 16.5. The van der Waals surface area contributed by atoms with Crippen molar-refractivity contribution in [3.05, 3.63) is 47.2 Å². The third-order valence-corrected chi connectivity index (χ3v) is 5.86. The van der Waals surface area contributed by atoms with Crippen molar-refractivity contribution in [2.45, 2.75) is 25.4 Å². The van der Waals surface area contributed by atoms with Gasteiger partial charge in [-0.25, -0.2) is 4.98 Å². The summed E-state index contributed by atoms with van der Waals surface area (Å²) in [6.07, 6.45) is 1.95. The fourth-order valence-corrected chi connectivity index (χ4v) is 3.91. The average molecular weight is 441 g/mol. The van der Waals surface area contributed by atoms with Gasteiger partial charge in [0.2, 0.25) is 5.95 Å². The Kier molecular flexibility index (Phi) is 7.51. The number of aromatic nitrogens is 2. The van der Waals surface area contributed by atoms with Gasteiger partial charge in [-0.2, -0.15) is 4.98 Å². The highest BCUT2D eigenvalue weighted by molar-refractivity contribution is 5.93. The van der Waals surface area contributed by atoms with Crippen LogP contribution in [-0.4, -0.2) is 85.0 Å². The van der Waals surface area contributed by atoms with Gasteiger partial charge in [0.25, 0.3) is 5.91 Å². The predicted octanol–water partition coefficient (Wildman–Crippen LogP) is 0.894. The monoisotopic (exact) mass is 440 g/mol. The van der Waals surface area contributed by atoms with E-state index < -0.39 is 0 Å². The minimum Gasteiger partial charge on any atom is -0.395 e. The summed E-state index contributed by atoms with van der Waals surface area (Å²) >= 11 is 0. The second-order valence-electron chi connectivity index (χ2n) is 8.37. The number of likely N-dealkylation sites (N-methyl/N-ethyl adjacent to an activating group) is 1. The number of benzene rings is 1. The van der Waals surface area contributed by atoms with E-state index in [9.17, 15) is 9.90 Å². The number of nitrogens with zero attached hydrogens (tertiary/aromatic N) is 4. The summed E-state index contributed by atoms with van der Waals surface area (Å²) < 4.78 is 5.20. The van der Waals surface area contributed by atoms with Gasteiger partial charge in [-0.3, -0.25) is 9.69 Å². The number of hydrogen-bond donors (Lipinski definition) is 3. The number of carbonyl (C=O) groups excluding carboxylic acids is 1. The van der Waals surface area contributed by atoms with Crippen LogP contribution in [0.25, 0.3) is 0 Å². The number of anilines is 2. The number of aliphatic hydroxyl groups excluding tert-OH is 1. The SMILES string of the molecule is CN(CCO)c1nc(NC2COC2)cc(C(=O)NCCCN2CCc3ccccc3C2)n1. The molecule has 9 nitrogen and oxygen atoms in total. The van der Waals surface area contributed by atoms with Gasteiger partial charge in [0.15, 0.2) is 0 Å². The van der Waals surface area contributed by atoms with Crippen molar-refractivity contribution in [3.63, 3.8) is 0 Å². The van der Waals surface area contributed by atoms with E-state index in [1.807, 2.05) is 0 Å². The van der Waals surface area contributed by atoms with Crippen molar-refractivity contribution < 1.29 is 14.6 Å². The number of carbonyl (C=O) groups is 1. The maximum Gasteiger partial charge on any atom is 0.270 e. The van der Waals surface area contributed by atoms with E-state index in [1.165, 1.54) is 11.1 Å². The van der Waals surface area contributed by atoms with Crippen LogP contribution in [0.4, 0.5) is 11.8 Å². The number of nitrogens with one attached hydrogen (secondary N) is 2. The molecular weight excluding hydrogens is 408 g/mol. The van der Waals surface area contributed by atoms with Crippen molar-refractivity contribution in [2.75, 3.05) is 63.3 Å². The molecule has 2 aromatic rings. The Bertz CT molecular complexity index is 920. The van der Waals surface area contributed by atoms with E-state index in [0.29, 0.717) is 43.8 Å². The summed E-state index contributed by atoms with van der Waals surface area (Å²) in [4.78, 5) is 25.8. The molecule has 1 aromatic heterocycles. The first kappa shape index (κ1) is 22.4. The molecular formula is C23H32N6O3. The molecule has 4 rings (SSSR count). The normalized spacial score (nSPS) is 16.2. The van der Waals surface area contributed by atoms with Crippen LogP contribution in [0.5, 0.6) is 0 Å². The van der Waals surface area contributed by atoms with Gasteiger partial charge in [-0.15, -0.1) is 0 Å². The van der Waals surface area contributed by atoms with Gasteiger partial charge < -0.3 is 25.4 Å². The smallest absolute Gasteiger partial charge is 0.270 e. The van der Waals surface area contributed by atoms with Crippen molar-refractivity contribution in [1.82, 2.24) is 20.2 Å². The first-order chi connectivity index (χ1) is 15.6. The summed E-state index contributed by atoms with van der Waals surface area (Å²) in [5.41, 5.74) is 3.16. The molecule has 0 saturated carbocycles. The van der Waals surface area contributed by atoms with E-state index in [4.69, 9.17) is 4.74 Å². The van der Waals surface area contributed by atoms with Crippen LogP contribution >= 0.6 is 0 Å². The molecule has 0 aliphatic carbocycles. The van der Waals surface area contributed by atoms with E-state index >= 15 is 0 Å². The zero-order valence-electron chi connectivity index (χ0n) is 18.6. The van der Waals surface area contributed by atoms with E-state index in [2.05, 4.69) is 49.8 Å². The van der Waals surface area contributed by atoms with Gasteiger partial charge in [0.05, 0.1) is 25.9 Å². The molecule has 32 heavy (non-hydrogen) atoms. The summed E-state index contributed by atoms with van der Waals surface area (Å²) in [5, 5.41) is 15.5. The Balaban J connectivity index is 1.31. The molecule has 0 unspecified atom stereocenters. The van der Waals surface area contributed by atoms with Gasteiger partial charge in [-0.1, -0.05) is 24.3 Å². The molecule has 2 aliphatic rings. The molecule has 0 radical (unpaired) electrons. The Labute approximate surface area is 188 Å². The molecule has 1 amide bonds. The van der Waals surface area contributed by atoms with Gasteiger partial charge in [0.1, 0.15) is 11.5 Å². The van der Waals surface area contributed by atoms with Crippen molar-refractivity contribution in [3.8, 4) is 0 Å². The summed E-state index contributed by atoms with van der Waals surface area (Å²) in [5.74, 6) is 0.773. The zero-order chi connectivity index (χ0) is 22.3. The second-order valence-corrected chi connectivity index (χ2v) is 8.37. The first-order valence-corrected chi connectivity index (χ1v) is 11.2. The summed E-state index contributed by atoms with van der Waals surface area (Å²) in [7, 11) is 1.79. The highest BCUT2D eigenvalue weighted by Crippen LogP contribution is 2.19. The largest absolute Gasteiger partial charge is 0.395 e. The standard InChI is InChI=1S/C23H32N6O3/c1-28(11-12-30)23-26-20(13-21(27-23)25-19-15-32-16-19)22(31)24-8-4-9-29-10-7-17-5-2-3-6-18(17)14-29/h2-3,5-6,13,19,30H,4,7-12,14-16H2,1H3,(H,24,31)(H,25,26,27). The quantitative estimate of drug-likeness (QED) is 0.468. The van der Waals surface area contributed by atoms with Crippen molar-refractivity contribution in [2.24, 2.45) is 0 Å². The predicted molar refractivity (Wildman–Crippen MR) is 123 cm³/mol. The van der Waals surface area contributed by atoms with Gasteiger partial charge >= 0.3 is 0 Å². The minimum atomic E-state index is -0.219. The Morgan fingerprint density at radius 2 is 2.09 bits per heavy atom. The molecule has 3 N–H and O–H groups in total. The van der Waals surface area contributed by atoms with Gasteiger partial charge in [0, 0.05) is 45.8 Å². The maximum atomic E-state index is 12.8. The molecule has 0 atom stereocenters. The molecule has 0 bridgehead atoms. The lowest BCUT2D eigenvalue weighted by atomic mass is 10.00. The Hall–Kier alpha value is -2.75. The van der Waals surface area contributed by atoms with E-state index in [-0.39, 0.29) is 18.6 Å². The fourth-order valence-electron chi connectivity index (χ4n) is 3.91. The molecule has 1 fully saturated rings. The molecule has 9 heteroatoms. The lowest BCUT2D eigenvalue weighted by Gasteiger charge is -2.28.